The van der Waals surface area contributed by atoms with Crippen molar-refractivity contribution in [3.8, 4) is 0 Å². The van der Waals surface area contributed by atoms with Gasteiger partial charge in [-0.3, -0.25) is 4.90 Å². The lowest BCUT2D eigenvalue weighted by atomic mass is 10.0. The van der Waals surface area contributed by atoms with E-state index in [1.54, 1.807) is 19.2 Å². The Morgan fingerprint density at radius 3 is 2.45 bits per heavy atom. The van der Waals surface area contributed by atoms with Gasteiger partial charge in [0.25, 0.3) is 0 Å². The van der Waals surface area contributed by atoms with E-state index in [0.717, 1.165) is 38.1 Å². The first-order valence-electron chi connectivity index (χ1n) is 7.32. The van der Waals surface area contributed by atoms with E-state index in [2.05, 4.69) is 18.7 Å². The van der Waals surface area contributed by atoms with Gasteiger partial charge in [-0.1, -0.05) is 19.1 Å². The van der Waals surface area contributed by atoms with Crippen molar-refractivity contribution >= 4 is 0 Å². The molecule has 0 bridgehead atoms. The molecule has 20 heavy (non-hydrogen) atoms. The van der Waals surface area contributed by atoms with E-state index in [-0.39, 0.29) is 11.9 Å². The summed E-state index contributed by atoms with van der Waals surface area (Å²) in [5.74, 6) is -0.220. The molecule has 114 valence electrons. The zero-order chi connectivity index (χ0) is 15.0. The molecule has 0 aliphatic heterocycles. The van der Waals surface area contributed by atoms with Crippen LogP contribution in [-0.2, 0) is 4.74 Å². The van der Waals surface area contributed by atoms with Gasteiger partial charge in [0.15, 0.2) is 0 Å². The average Bonchev–Trinajstić information content (AvgIpc) is 2.47. The first-order chi connectivity index (χ1) is 9.58. The van der Waals surface area contributed by atoms with E-state index in [4.69, 9.17) is 10.5 Å². The molecule has 0 aliphatic rings. The van der Waals surface area contributed by atoms with Gasteiger partial charge in [0.2, 0.25) is 0 Å². The molecule has 1 aromatic rings. The summed E-state index contributed by atoms with van der Waals surface area (Å²) in [6, 6.07) is 6.93. The standard InChI is InChI=1S/C16H27FN2O/c1-4-13(2)19(11-12-20-3)10-9-16(18)14-5-7-15(17)8-6-14/h5-8,13,16H,4,9-12,18H2,1-3H3. The van der Waals surface area contributed by atoms with Crippen LogP contribution < -0.4 is 5.73 Å². The van der Waals surface area contributed by atoms with Gasteiger partial charge in [-0.15, -0.1) is 0 Å². The SMILES string of the molecule is CCC(C)N(CCOC)CCC(N)c1ccc(F)cc1. The van der Waals surface area contributed by atoms with Crippen LogP contribution in [0.15, 0.2) is 24.3 Å². The molecule has 0 spiro atoms. The van der Waals surface area contributed by atoms with Crippen molar-refractivity contribution in [2.45, 2.75) is 38.8 Å². The molecular formula is C16H27FN2O. The molecule has 0 heterocycles. The number of ether oxygens (including phenoxy) is 1. The summed E-state index contributed by atoms with van der Waals surface area (Å²) in [5.41, 5.74) is 7.17. The van der Waals surface area contributed by atoms with E-state index < -0.39 is 0 Å². The van der Waals surface area contributed by atoms with Crippen LogP contribution in [0, 0.1) is 5.82 Å². The molecular weight excluding hydrogens is 255 g/mol. The van der Waals surface area contributed by atoms with Crippen molar-refractivity contribution in [2.24, 2.45) is 5.73 Å². The van der Waals surface area contributed by atoms with Gasteiger partial charge in [-0.2, -0.15) is 0 Å². The Bertz CT molecular complexity index is 369. The molecule has 0 saturated carbocycles. The van der Waals surface area contributed by atoms with Gasteiger partial charge in [0.05, 0.1) is 6.61 Å². The minimum Gasteiger partial charge on any atom is -0.383 e. The highest BCUT2D eigenvalue weighted by Crippen LogP contribution is 2.16. The molecule has 4 heteroatoms. The molecule has 1 aromatic carbocycles. The number of benzene rings is 1. The van der Waals surface area contributed by atoms with Crippen LogP contribution in [0.2, 0.25) is 0 Å². The lowest BCUT2D eigenvalue weighted by Crippen LogP contribution is -2.37. The van der Waals surface area contributed by atoms with Crippen molar-refractivity contribution < 1.29 is 9.13 Å². The summed E-state index contributed by atoms with van der Waals surface area (Å²) >= 11 is 0. The number of halogens is 1. The van der Waals surface area contributed by atoms with E-state index in [1.165, 1.54) is 12.1 Å². The summed E-state index contributed by atoms with van der Waals surface area (Å²) in [6.45, 7) is 6.98. The van der Waals surface area contributed by atoms with E-state index in [1.807, 2.05) is 0 Å². The van der Waals surface area contributed by atoms with Crippen LogP contribution in [-0.4, -0.2) is 37.7 Å². The quantitative estimate of drug-likeness (QED) is 0.757. The molecule has 0 fully saturated rings. The number of rotatable bonds is 9. The molecule has 2 unspecified atom stereocenters. The molecule has 3 nitrogen and oxygen atoms in total. The minimum atomic E-state index is -0.220. The third-order valence-corrected chi connectivity index (χ3v) is 3.82. The van der Waals surface area contributed by atoms with E-state index in [0.29, 0.717) is 6.04 Å². The van der Waals surface area contributed by atoms with Crippen molar-refractivity contribution in [3.63, 3.8) is 0 Å². The smallest absolute Gasteiger partial charge is 0.123 e. The molecule has 2 atom stereocenters. The van der Waals surface area contributed by atoms with E-state index in [9.17, 15) is 4.39 Å². The highest BCUT2D eigenvalue weighted by Gasteiger charge is 2.14. The number of nitrogens with zero attached hydrogens (tertiary/aromatic N) is 1. The largest absolute Gasteiger partial charge is 0.383 e. The van der Waals surface area contributed by atoms with Gasteiger partial charge >= 0.3 is 0 Å². The molecule has 0 amide bonds. The van der Waals surface area contributed by atoms with Gasteiger partial charge in [0, 0.05) is 32.3 Å². The first kappa shape index (κ1) is 17.1. The van der Waals surface area contributed by atoms with Gasteiger partial charge in [-0.05, 0) is 37.5 Å². The third-order valence-electron chi connectivity index (χ3n) is 3.82. The number of hydrogen-bond acceptors (Lipinski definition) is 3. The van der Waals surface area contributed by atoms with Crippen LogP contribution >= 0.6 is 0 Å². The Morgan fingerprint density at radius 2 is 1.90 bits per heavy atom. The number of hydrogen-bond donors (Lipinski definition) is 1. The fourth-order valence-corrected chi connectivity index (χ4v) is 2.20. The van der Waals surface area contributed by atoms with Gasteiger partial charge < -0.3 is 10.5 Å². The Balaban J connectivity index is 2.50. The zero-order valence-electron chi connectivity index (χ0n) is 12.8. The number of methoxy groups -OCH3 is 1. The first-order valence-corrected chi connectivity index (χ1v) is 7.32. The molecule has 2 N–H and O–H groups in total. The Labute approximate surface area is 121 Å². The average molecular weight is 282 g/mol. The van der Waals surface area contributed by atoms with Crippen LogP contribution in [0.3, 0.4) is 0 Å². The molecule has 1 rings (SSSR count). The second-order valence-electron chi connectivity index (χ2n) is 5.23. The highest BCUT2D eigenvalue weighted by atomic mass is 19.1. The van der Waals surface area contributed by atoms with Crippen LogP contribution in [0.25, 0.3) is 0 Å². The highest BCUT2D eigenvalue weighted by molar-refractivity contribution is 5.19. The second-order valence-corrected chi connectivity index (χ2v) is 5.23. The maximum absolute atomic E-state index is 12.9. The maximum Gasteiger partial charge on any atom is 0.123 e. The summed E-state index contributed by atoms with van der Waals surface area (Å²) < 4.78 is 18.0. The predicted molar refractivity (Wildman–Crippen MR) is 81.1 cm³/mol. The molecule has 0 saturated heterocycles. The van der Waals surface area contributed by atoms with Crippen molar-refractivity contribution in [1.29, 1.82) is 0 Å². The summed E-state index contributed by atoms with van der Waals surface area (Å²) in [7, 11) is 1.72. The topological polar surface area (TPSA) is 38.5 Å². The number of nitrogens with two attached hydrogens (primary N) is 1. The Kier molecular flexibility index (Phi) is 7.73. The normalized spacial score (nSPS) is 14.5. The predicted octanol–water partition coefficient (Wildman–Crippen LogP) is 2.96. The summed E-state index contributed by atoms with van der Waals surface area (Å²) in [6.07, 6.45) is 1.97. The molecule has 0 aliphatic carbocycles. The summed E-state index contributed by atoms with van der Waals surface area (Å²) in [4.78, 5) is 2.40. The lowest BCUT2D eigenvalue weighted by Gasteiger charge is -2.29. The fraction of sp³-hybridized carbons (Fsp3) is 0.625. The Hall–Kier alpha value is -0.970. The molecule has 0 aromatic heterocycles. The lowest BCUT2D eigenvalue weighted by molar-refractivity contribution is 0.120. The Morgan fingerprint density at radius 1 is 1.25 bits per heavy atom. The zero-order valence-corrected chi connectivity index (χ0v) is 12.8. The van der Waals surface area contributed by atoms with Gasteiger partial charge in [0.1, 0.15) is 5.82 Å². The van der Waals surface area contributed by atoms with Crippen LogP contribution in [0.5, 0.6) is 0 Å². The van der Waals surface area contributed by atoms with Crippen molar-refractivity contribution in [2.75, 3.05) is 26.8 Å². The summed E-state index contributed by atoms with van der Waals surface area (Å²) in [5, 5.41) is 0. The third kappa shape index (κ3) is 5.57. The maximum atomic E-state index is 12.9. The van der Waals surface area contributed by atoms with E-state index >= 15 is 0 Å². The monoisotopic (exact) mass is 282 g/mol. The van der Waals surface area contributed by atoms with Crippen LogP contribution in [0.4, 0.5) is 4.39 Å². The van der Waals surface area contributed by atoms with Crippen molar-refractivity contribution in [1.82, 2.24) is 4.90 Å². The molecule has 0 radical (unpaired) electrons. The second kappa shape index (κ2) is 9.06. The fourth-order valence-electron chi connectivity index (χ4n) is 2.20. The minimum absolute atomic E-state index is 0.0512. The van der Waals surface area contributed by atoms with Gasteiger partial charge in [-0.25, -0.2) is 4.39 Å². The van der Waals surface area contributed by atoms with Crippen molar-refractivity contribution in [3.05, 3.63) is 35.6 Å². The van der Waals surface area contributed by atoms with Crippen LogP contribution in [0.1, 0.15) is 38.3 Å².